The molecular weight excluding hydrogens is 306 g/mol. The maximum atomic E-state index is 12.3. The Labute approximate surface area is 142 Å². The zero-order valence-electron chi connectivity index (χ0n) is 14.2. The molecule has 3 rings (SSSR count). The molecule has 1 amide bonds. The molecule has 0 unspecified atom stereocenters. The summed E-state index contributed by atoms with van der Waals surface area (Å²) in [6, 6.07) is 8.58. The number of likely N-dealkylation sites (tertiary alicyclic amines) is 1. The fraction of sp³-hybridized carbons (Fsp3) is 0.556. The summed E-state index contributed by atoms with van der Waals surface area (Å²) in [5, 5.41) is 1.22. The Morgan fingerprint density at radius 1 is 1.43 bits per heavy atom. The molecule has 1 aliphatic heterocycles. The van der Waals surface area contributed by atoms with Crippen LogP contribution in [0.2, 0.25) is 0 Å². The van der Waals surface area contributed by atoms with Crippen LogP contribution in [0.3, 0.4) is 0 Å². The van der Waals surface area contributed by atoms with E-state index in [1.807, 2.05) is 18.0 Å². The molecule has 124 valence electrons. The van der Waals surface area contributed by atoms with E-state index in [4.69, 9.17) is 4.98 Å². The number of rotatable bonds is 4. The molecular formula is C18H25N3OS. The third kappa shape index (κ3) is 3.72. The van der Waals surface area contributed by atoms with Crippen LogP contribution >= 0.6 is 11.3 Å². The number of hydrogen-bond acceptors (Lipinski definition) is 4. The zero-order valence-corrected chi connectivity index (χ0v) is 15.0. The lowest BCUT2D eigenvalue weighted by molar-refractivity contribution is -0.132. The van der Waals surface area contributed by atoms with Crippen LogP contribution in [0.5, 0.6) is 0 Å². The minimum atomic E-state index is 0.213. The fourth-order valence-corrected chi connectivity index (χ4v) is 4.15. The number of fused-ring (bicyclic) bond motifs is 1. The van der Waals surface area contributed by atoms with E-state index in [0.717, 1.165) is 25.0 Å². The molecule has 0 saturated carbocycles. The van der Waals surface area contributed by atoms with Gasteiger partial charge in [0, 0.05) is 25.6 Å². The standard InChI is InChI=1S/C18H25N3OS/c1-13(2)20(3)17(22)12-21-10-6-7-14(11-21)18-19-15-8-4-5-9-16(15)23-18/h4-5,8-9,13-14H,6-7,10-12H2,1-3H3/t14-/m0/s1. The van der Waals surface area contributed by atoms with Crippen LogP contribution in [0.25, 0.3) is 10.2 Å². The summed E-state index contributed by atoms with van der Waals surface area (Å²) in [5.41, 5.74) is 1.10. The van der Waals surface area contributed by atoms with Gasteiger partial charge in [-0.05, 0) is 45.4 Å². The first kappa shape index (κ1) is 16.4. The van der Waals surface area contributed by atoms with E-state index in [9.17, 15) is 4.79 Å². The van der Waals surface area contributed by atoms with Crippen LogP contribution in [-0.2, 0) is 4.79 Å². The monoisotopic (exact) mass is 331 g/mol. The van der Waals surface area contributed by atoms with Gasteiger partial charge in [-0.2, -0.15) is 0 Å². The highest BCUT2D eigenvalue weighted by Gasteiger charge is 2.26. The summed E-state index contributed by atoms with van der Waals surface area (Å²) in [6.45, 7) is 6.59. The van der Waals surface area contributed by atoms with Crippen molar-refractivity contribution < 1.29 is 4.79 Å². The minimum absolute atomic E-state index is 0.213. The topological polar surface area (TPSA) is 36.4 Å². The molecule has 23 heavy (non-hydrogen) atoms. The highest BCUT2D eigenvalue weighted by atomic mass is 32.1. The summed E-state index contributed by atoms with van der Waals surface area (Å²) in [4.78, 5) is 21.2. The van der Waals surface area contributed by atoms with Crippen LogP contribution in [0, 0.1) is 0 Å². The molecule has 1 aromatic carbocycles. The van der Waals surface area contributed by atoms with Crippen LogP contribution in [0.1, 0.15) is 37.6 Å². The lowest BCUT2D eigenvalue weighted by atomic mass is 9.98. The fourth-order valence-electron chi connectivity index (χ4n) is 3.06. The number of hydrogen-bond donors (Lipinski definition) is 0. The minimum Gasteiger partial charge on any atom is -0.342 e. The van der Waals surface area contributed by atoms with Crippen molar-refractivity contribution in [1.29, 1.82) is 0 Å². The van der Waals surface area contributed by atoms with Gasteiger partial charge >= 0.3 is 0 Å². The van der Waals surface area contributed by atoms with Crippen LogP contribution < -0.4 is 0 Å². The number of aromatic nitrogens is 1. The number of para-hydroxylation sites is 1. The number of amides is 1. The van der Waals surface area contributed by atoms with Gasteiger partial charge in [0.2, 0.25) is 5.91 Å². The van der Waals surface area contributed by atoms with Gasteiger partial charge in [0.15, 0.2) is 0 Å². The summed E-state index contributed by atoms with van der Waals surface area (Å²) in [6.07, 6.45) is 2.31. The second-order valence-corrected chi connectivity index (χ2v) is 7.75. The van der Waals surface area contributed by atoms with E-state index >= 15 is 0 Å². The van der Waals surface area contributed by atoms with Gasteiger partial charge in [-0.3, -0.25) is 9.69 Å². The Bertz CT molecular complexity index is 649. The molecule has 0 spiro atoms. The molecule has 0 N–H and O–H groups in total. The van der Waals surface area contributed by atoms with Crippen molar-refractivity contribution in [2.45, 2.75) is 38.6 Å². The van der Waals surface area contributed by atoms with E-state index in [1.165, 1.54) is 16.1 Å². The lowest BCUT2D eigenvalue weighted by Gasteiger charge is -2.33. The lowest BCUT2D eigenvalue weighted by Crippen LogP contribution is -2.44. The number of piperidine rings is 1. The molecule has 0 radical (unpaired) electrons. The Balaban J connectivity index is 1.67. The number of benzene rings is 1. The normalized spacial score (nSPS) is 19.4. The molecule has 1 fully saturated rings. The average molecular weight is 331 g/mol. The molecule has 1 saturated heterocycles. The molecule has 2 heterocycles. The van der Waals surface area contributed by atoms with Gasteiger partial charge in [0.25, 0.3) is 0 Å². The van der Waals surface area contributed by atoms with Crippen molar-refractivity contribution in [2.24, 2.45) is 0 Å². The smallest absolute Gasteiger partial charge is 0.236 e. The number of nitrogens with zero attached hydrogens (tertiary/aromatic N) is 3. The quantitative estimate of drug-likeness (QED) is 0.862. The second-order valence-electron chi connectivity index (χ2n) is 6.69. The van der Waals surface area contributed by atoms with Crippen LogP contribution in [0.4, 0.5) is 0 Å². The Kier molecular flexibility index (Phi) is 4.97. The van der Waals surface area contributed by atoms with E-state index in [0.29, 0.717) is 12.5 Å². The number of carbonyl (C=O) groups is 1. The first-order valence-corrected chi connectivity index (χ1v) is 9.19. The SMILES string of the molecule is CC(C)N(C)C(=O)CN1CCC[C@H](c2nc3ccccc3s2)C1. The highest BCUT2D eigenvalue weighted by molar-refractivity contribution is 7.18. The van der Waals surface area contributed by atoms with E-state index < -0.39 is 0 Å². The van der Waals surface area contributed by atoms with Crippen molar-refractivity contribution in [3.63, 3.8) is 0 Å². The predicted octanol–water partition coefficient (Wildman–Crippen LogP) is 3.34. The Morgan fingerprint density at radius 2 is 2.22 bits per heavy atom. The van der Waals surface area contributed by atoms with E-state index in [-0.39, 0.29) is 11.9 Å². The Hall–Kier alpha value is -1.46. The average Bonchev–Trinajstić information content (AvgIpc) is 2.98. The number of thiazole rings is 1. The number of likely N-dealkylation sites (N-methyl/N-ethyl adjacent to an activating group) is 1. The largest absolute Gasteiger partial charge is 0.342 e. The van der Waals surface area contributed by atoms with Crippen LogP contribution in [-0.4, -0.2) is 53.4 Å². The van der Waals surface area contributed by atoms with Crippen molar-refractivity contribution >= 4 is 27.5 Å². The maximum Gasteiger partial charge on any atom is 0.236 e. The zero-order chi connectivity index (χ0) is 16.4. The van der Waals surface area contributed by atoms with E-state index in [2.05, 4.69) is 36.9 Å². The first-order chi connectivity index (χ1) is 11.0. The second kappa shape index (κ2) is 6.97. The molecule has 0 aliphatic carbocycles. The molecule has 4 nitrogen and oxygen atoms in total. The first-order valence-electron chi connectivity index (χ1n) is 8.38. The molecule has 5 heteroatoms. The van der Waals surface area contributed by atoms with Gasteiger partial charge in [-0.25, -0.2) is 4.98 Å². The summed E-state index contributed by atoms with van der Waals surface area (Å²) in [7, 11) is 1.89. The van der Waals surface area contributed by atoms with Gasteiger partial charge < -0.3 is 4.90 Å². The van der Waals surface area contributed by atoms with Gasteiger partial charge in [0.1, 0.15) is 0 Å². The predicted molar refractivity (Wildman–Crippen MR) is 95.9 cm³/mol. The molecule has 2 aromatic rings. The number of carbonyl (C=O) groups excluding carboxylic acids is 1. The third-order valence-corrected chi connectivity index (χ3v) is 5.89. The molecule has 1 aromatic heterocycles. The van der Waals surface area contributed by atoms with Gasteiger partial charge in [-0.1, -0.05) is 12.1 Å². The molecule has 1 atom stereocenters. The van der Waals surface area contributed by atoms with Gasteiger partial charge in [-0.15, -0.1) is 11.3 Å². The van der Waals surface area contributed by atoms with Gasteiger partial charge in [0.05, 0.1) is 21.8 Å². The van der Waals surface area contributed by atoms with Crippen LogP contribution in [0.15, 0.2) is 24.3 Å². The van der Waals surface area contributed by atoms with E-state index in [1.54, 1.807) is 11.3 Å². The van der Waals surface area contributed by atoms with Crippen molar-refractivity contribution in [1.82, 2.24) is 14.8 Å². The van der Waals surface area contributed by atoms with Crippen molar-refractivity contribution in [3.8, 4) is 0 Å². The van der Waals surface area contributed by atoms with Crippen molar-refractivity contribution in [3.05, 3.63) is 29.3 Å². The molecule has 0 bridgehead atoms. The summed E-state index contributed by atoms with van der Waals surface area (Å²) >= 11 is 1.80. The Morgan fingerprint density at radius 3 is 2.96 bits per heavy atom. The van der Waals surface area contributed by atoms with Crippen molar-refractivity contribution in [2.75, 3.05) is 26.7 Å². The summed E-state index contributed by atoms with van der Waals surface area (Å²) < 4.78 is 1.26. The highest BCUT2D eigenvalue weighted by Crippen LogP contribution is 2.32. The molecule has 1 aliphatic rings. The summed E-state index contributed by atoms with van der Waals surface area (Å²) in [5.74, 6) is 0.670. The third-order valence-electron chi connectivity index (χ3n) is 4.69. The maximum absolute atomic E-state index is 12.3.